The molecule has 0 bridgehead atoms. The van der Waals surface area contributed by atoms with Crippen molar-refractivity contribution in [1.82, 2.24) is 5.32 Å². The van der Waals surface area contributed by atoms with Crippen molar-refractivity contribution in [2.75, 3.05) is 0 Å². The minimum absolute atomic E-state index is 0. The van der Waals surface area contributed by atoms with Gasteiger partial charge in [0.05, 0.1) is 12.1 Å². The van der Waals surface area contributed by atoms with E-state index < -0.39 is 23.7 Å². The quantitative estimate of drug-likeness (QED) is 0.877. The number of benzene rings is 1. The fraction of sp³-hybridized carbons (Fsp3) is 0.462. The van der Waals surface area contributed by atoms with Crippen LogP contribution in [-0.4, -0.2) is 11.9 Å². The maximum atomic E-state index is 13.7. The number of hydrogen-bond acceptors (Lipinski definition) is 2. The molecular formula is C13H19ClF2N2O. The fourth-order valence-corrected chi connectivity index (χ4v) is 1.68. The Hall–Kier alpha value is -1.20. The lowest BCUT2D eigenvalue weighted by atomic mass is 10.0. The lowest BCUT2D eigenvalue weighted by molar-refractivity contribution is -0.122. The first-order chi connectivity index (χ1) is 8.45. The Labute approximate surface area is 118 Å². The van der Waals surface area contributed by atoms with Gasteiger partial charge in [0.15, 0.2) is 0 Å². The van der Waals surface area contributed by atoms with Crippen molar-refractivity contribution in [2.45, 2.75) is 38.8 Å². The van der Waals surface area contributed by atoms with Crippen molar-refractivity contribution in [3.63, 3.8) is 0 Å². The summed E-state index contributed by atoms with van der Waals surface area (Å²) in [5.41, 5.74) is 5.74. The van der Waals surface area contributed by atoms with Gasteiger partial charge < -0.3 is 11.1 Å². The van der Waals surface area contributed by atoms with Gasteiger partial charge in [-0.25, -0.2) is 8.78 Å². The standard InChI is InChI=1S/C13H18F2N2O.ClH/c1-3-4-12(17-13(18)8(2)16)10-6-5-9(14)7-11(10)15;/h5-8,12H,3-4,16H2,1-2H3,(H,17,18);1H/t8-,12?;/m0./s1. The molecule has 108 valence electrons. The molecule has 1 amide bonds. The van der Waals surface area contributed by atoms with E-state index in [-0.39, 0.29) is 23.9 Å². The average Bonchev–Trinajstić information content (AvgIpc) is 2.28. The van der Waals surface area contributed by atoms with Gasteiger partial charge in [-0.1, -0.05) is 19.4 Å². The summed E-state index contributed by atoms with van der Waals surface area (Å²) in [4.78, 5) is 11.5. The molecule has 0 aliphatic rings. The Morgan fingerprint density at radius 3 is 2.53 bits per heavy atom. The zero-order valence-corrected chi connectivity index (χ0v) is 11.8. The van der Waals surface area contributed by atoms with Crippen molar-refractivity contribution in [3.8, 4) is 0 Å². The smallest absolute Gasteiger partial charge is 0.237 e. The van der Waals surface area contributed by atoms with Crippen LogP contribution in [0.25, 0.3) is 0 Å². The Morgan fingerprint density at radius 1 is 1.42 bits per heavy atom. The van der Waals surface area contributed by atoms with Gasteiger partial charge in [0.25, 0.3) is 0 Å². The molecule has 0 saturated carbocycles. The molecule has 1 aromatic carbocycles. The highest BCUT2D eigenvalue weighted by molar-refractivity contribution is 5.85. The second kappa shape index (κ2) is 8.07. The van der Waals surface area contributed by atoms with Crippen LogP contribution in [0.1, 0.15) is 38.3 Å². The number of amides is 1. The Kier molecular flexibility index (Phi) is 7.56. The summed E-state index contributed by atoms with van der Waals surface area (Å²) in [6.07, 6.45) is 1.34. The van der Waals surface area contributed by atoms with Gasteiger partial charge in [-0.2, -0.15) is 0 Å². The van der Waals surface area contributed by atoms with Crippen LogP contribution in [0.4, 0.5) is 8.78 Å². The lowest BCUT2D eigenvalue weighted by Crippen LogP contribution is -2.40. The highest BCUT2D eigenvalue weighted by Gasteiger charge is 2.19. The lowest BCUT2D eigenvalue weighted by Gasteiger charge is -2.20. The summed E-state index contributed by atoms with van der Waals surface area (Å²) in [5.74, 6) is -1.64. The second-order valence-electron chi connectivity index (χ2n) is 4.30. The van der Waals surface area contributed by atoms with Crippen LogP contribution in [0.15, 0.2) is 18.2 Å². The van der Waals surface area contributed by atoms with Gasteiger partial charge in [0.2, 0.25) is 5.91 Å². The summed E-state index contributed by atoms with van der Waals surface area (Å²) in [5, 5.41) is 2.67. The normalized spacial score (nSPS) is 13.3. The highest BCUT2D eigenvalue weighted by Crippen LogP contribution is 2.22. The third kappa shape index (κ3) is 5.12. The van der Waals surface area contributed by atoms with Crippen LogP contribution in [-0.2, 0) is 4.79 Å². The molecular weight excluding hydrogens is 274 g/mol. The minimum atomic E-state index is -0.659. The van der Waals surface area contributed by atoms with E-state index in [1.54, 1.807) is 6.92 Å². The van der Waals surface area contributed by atoms with E-state index in [4.69, 9.17) is 5.73 Å². The number of rotatable bonds is 5. The molecule has 0 spiro atoms. The monoisotopic (exact) mass is 292 g/mol. The number of carbonyl (C=O) groups is 1. The minimum Gasteiger partial charge on any atom is -0.348 e. The Morgan fingerprint density at radius 2 is 2.05 bits per heavy atom. The largest absolute Gasteiger partial charge is 0.348 e. The van der Waals surface area contributed by atoms with Gasteiger partial charge in [0.1, 0.15) is 11.6 Å². The maximum Gasteiger partial charge on any atom is 0.237 e. The summed E-state index contributed by atoms with van der Waals surface area (Å²) in [7, 11) is 0. The van der Waals surface area contributed by atoms with Crippen LogP contribution >= 0.6 is 12.4 Å². The van der Waals surface area contributed by atoms with Crippen LogP contribution in [0, 0.1) is 11.6 Å². The molecule has 1 unspecified atom stereocenters. The van der Waals surface area contributed by atoms with E-state index in [0.717, 1.165) is 12.5 Å². The summed E-state index contributed by atoms with van der Waals surface area (Å²) >= 11 is 0. The van der Waals surface area contributed by atoms with E-state index in [1.165, 1.54) is 12.1 Å². The van der Waals surface area contributed by atoms with Gasteiger partial charge in [-0.05, 0) is 19.4 Å². The SMILES string of the molecule is CCCC(NC(=O)[C@H](C)N)c1ccc(F)cc1F.Cl. The third-order valence-electron chi connectivity index (χ3n) is 2.65. The average molecular weight is 293 g/mol. The molecule has 2 atom stereocenters. The predicted molar refractivity (Wildman–Crippen MR) is 73.0 cm³/mol. The van der Waals surface area contributed by atoms with E-state index in [1.807, 2.05) is 6.92 Å². The van der Waals surface area contributed by atoms with Gasteiger partial charge in [-0.3, -0.25) is 4.79 Å². The molecule has 19 heavy (non-hydrogen) atoms. The molecule has 0 heterocycles. The molecule has 0 aromatic heterocycles. The first-order valence-corrected chi connectivity index (χ1v) is 5.96. The predicted octanol–water partition coefficient (Wildman–Crippen LogP) is 2.69. The molecule has 3 nitrogen and oxygen atoms in total. The first kappa shape index (κ1) is 17.8. The van der Waals surface area contributed by atoms with Crippen LogP contribution in [0.5, 0.6) is 0 Å². The van der Waals surface area contributed by atoms with Crippen LogP contribution in [0.2, 0.25) is 0 Å². The number of nitrogens with one attached hydrogen (secondary N) is 1. The number of halogens is 3. The molecule has 3 N–H and O–H groups in total. The molecule has 6 heteroatoms. The Balaban J connectivity index is 0.00000324. The first-order valence-electron chi connectivity index (χ1n) is 5.96. The fourth-order valence-electron chi connectivity index (χ4n) is 1.68. The topological polar surface area (TPSA) is 55.1 Å². The van der Waals surface area contributed by atoms with E-state index in [9.17, 15) is 13.6 Å². The van der Waals surface area contributed by atoms with E-state index in [2.05, 4.69) is 5.32 Å². The molecule has 0 fully saturated rings. The number of carbonyl (C=O) groups excluding carboxylic acids is 1. The van der Waals surface area contributed by atoms with Gasteiger partial charge in [0, 0.05) is 11.6 Å². The third-order valence-corrected chi connectivity index (χ3v) is 2.65. The Bertz CT molecular complexity index is 427. The molecule has 0 aliphatic heterocycles. The molecule has 0 aliphatic carbocycles. The van der Waals surface area contributed by atoms with Crippen molar-refractivity contribution in [1.29, 1.82) is 0 Å². The van der Waals surface area contributed by atoms with Crippen molar-refractivity contribution < 1.29 is 13.6 Å². The zero-order chi connectivity index (χ0) is 13.7. The second-order valence-corrected chi connectivity index (χ2v) is 4.30. The maximum absolute atomic E-state index is 13.7. The summed E-state index contributed by atoms with van der Waals surface area (Å²) in [6, 6.07) is 2.21. The highest BCUT2D eigenvalue weighted by atomic mass is 35.5. The number of hydrogen-bond donors (Lipinski definition) is 2. The van der Waals surface area contributed by atoms with Crippen LogP contribution in [0.3, 0.4) is 0 Å². The molecule has 0 saturated heterocycles. The van der Waals surface area contributed by atoms with Crippen molar-refractivity contribution in [2.24, 2.45) is 5.73 Å². The van der Waals surface area contributed by atoms with Gasteiger partial charge >= 0.3 is 0 Å². The van der Waals surface area contributed by atoms with E-state index >= 15 is 0 Å². The van der Waals surface area contributed by atoms with Crippen LogP contribution < -0.4 is 11.1 Å². The van der Waals surface area contributed by atoms with Crippen molar-refractivity contribution in [3.05, 3.63) is 35.4 Å². The van der Waals surface area contributed by atoms with E-state index in [0.29, 0.717) is 6.42 Å². The zero-order valence-electron chi connectivity index (χ0n) is 11.0. The van der Waals surface area contributed by atoms with Crippen molar-refractivity contribution >= 4 is 18.3 Å². The molecule has 1 rings (SSSR count). The number of nitrogens with two attached hydrogens (primary N) is 1. The molecule has 0 radical (unpaired) electrons. The summed E-state index contributed by atoms with van der Waals surface area (Å²) in [6.45, 7) is 3.48. The molecule has 1 aromatic rings. The summed E-state index contributed by atoms with van der Waals surface area (Å²) < 4.78 is 26.5. The van der Waals surface area contributed by atoms with Gasteiger partial charge in [-0.15, -0.1) is 12.4 Å².